The minimum atomic E-state index is -0.398. The van der Waals surface area contributed by atoms with Crippen LogP contribution < -0.4 is 5.73 Å². The highest BCUT2D eigenvalue weighted by Crippen LogP contribution is 2.32. The Labute approximate surface area is 104 Å². The van der Waals surface area contributed by atoms with Crippen molar-refractivity contribution in [3.05, 3.63) is 23.8 Å². The molecule has 3 nitrogen and oxygen atoms in total. The molecule has 0 spiro atoms. The lowest BCUT2D eigenvalue weighted by atomic mass is 9.86. The molecule has 3 heteroatoms. The van der Waals surface area contributed by atoms with E-state index in [1.807, 2.05) is 13.1 Å². The third kappa shape index (κ3) is 2.83. The molecule has 1 aromatic heterocycles. The largest absolute Gasteiger partial charge is 0.319 e. The summed E-state index contributed by atoms with van der Waals surface area (Å²) in [6.45, 7) is 4.09. The average Bonchev–Trinajstić information content (AvgIpc) is 2.40. The maximum Gasteiger partial charge on any atom is 0.148 e. The zero-order valence-electron chi connectivity index (χ0n) is 10.9. The Morgan fingerprint density at radius 3 is 2.71 bits per heavy atom. The lowest BCUT2D eigenvalue weighted by Crippen LogP contribution is -2.34. The molecule has 0 radical (unpaired) electrons. The van der Waals surface area contributed by atoms with Gasteiger partial charge >= 0.3 is 0 Å². The van der Waals surface area contributed by atoms with Crippen LogP contribution in [0.1, 0.15) is 69.8 Å². The SMILES string of the molecule is CCC(C)(N)c1nccc(C2CCCCC2)n1. The summed E-state index contributed by atoms with van der Waals surface area (Å²) in [6, 6.07) is 2.06. The summed E-state index contributed by atoms with van der Waals surface area (Å²) in [6.07, 6.45) is 9.30. The number of rotatable bonds is 3. The highest BCUT2D eigenvalue weighted by Gasteiger charge is 2.24. The Hall–Kier alpha value is -0.960. The highest BCUT2D eigenvalue weighted by atomic mass is 15.0. The molecule has 1 heterocycles. The van der Waals surface area contributed by atoms with Crippen molar-refractivity contribution in [2.75, 3.05) is 0 Å². The Morgan fingerprint density at radius 1 is 1.35 bits per heavy atom. The van der Waals surface area contributed by atoms with Crippen LogP contribution in [-0.4, -0.2) is 9.97 Å². The first kappa shape index (κ1) is 12.5. The van der Waals surface area contributed by atoms with Gasteiger partial charge in [-0.15, -0.1) is 0 Å². The van der Waals surface area contributed by atoms with E-state index in [4.69, 9.17) is 10.7 Å². The summed E-state index contributed by atoms with van der Waals surface area (Å²) < 4.78 is 0. The predicted molar refractivity (Wildman–Crippen MR) is 69.7 cm³/mol. The summed E-state index contributed by atoms with van der Waals surface area (Å²) >= 11 is 0. The minimum absolute atomic E-state index is 0.398. The van der Waals surface area contributed by atoms with Crippen LogP contribution in [0.4, 0.5) is 0 Å². The van der Waals surface area contributed by atoms with E-state index >= 15 is 0 Å². The number of hydrogen-bond acceptors (Lipinski definition) is 3. The van der Waals surface area contributed by atoms with E-state index in [0.717, 1.165) is 12.2 Å². The topological polar surface area (TPSA) is 51.8 Å². The predicted octanol–water partition coefficient (Wildman–Crippen LogP) is 3.11. The quantitative estimate of drug-likeness (QED) is 0.872. The van der Waals surface area contributed by atoms with E-state index < -0.39 is 5.54 Å². The van der Waals surface area contributed by atoms with Crippen LogP contribution in [0.5, 0.6) is 0 Å². The third-order valence-corrected chi connectivity index (χ3v) is 3.95. The smallest absolute Gasteiger partial charge is 0.148 e. The van der Waals surface area contributed by atoms with E-state index in [1.165, 1.54) is 37.8 Å². The minimum Gasteiger partial charge on any atom is -0.319 e. The van der Waals surface area contributed by atoms with Crippen LogP contribution in [0.2, 0.25) is 0 Å². The maximum absolute atomic E-state index is 6.21. The Morgan fingerprint density at radius 2 is 2.06 bits per heavy atom. The summed E-state index contributed by atoms with van der Waals surface area (Å²) in [5, 5.41) is 0. The van der Waals surface area contributed by atoms with Crippen LogP contribution in [0, 0.1) is 0 Å². The molecule has 2 rings (SSSR count). The molecule has 1 atom stereocenters. The van der Waals surface area contributed by atoms with Gasteiger partial charge in [-0.2, -0.15) is 0 Å². The first-order valence-corrected chi connectivity index (χ1v) is 6.76. The highest BCUT2D eigenvalue weighted by molar-refractivity contribution is 5.13. The fourth-order valence-corrected chi connectivity index (χ4v) is 2.43. The van der Waals surface area contributed by atoms with Gasteiger partial charge in [0.1, 0.15) is 5.82 Å². The van der Waals surface area contributed by atoms with Crippen molar-refractivity contribution in [3.8, 4) is 0 Å². The van der Waals surface area contributed by atoms with E-state index in [9.17, 15) is 0 Å². The zero-order valence-corrected chi connectivity index (χ0v) is 10.9. The molecule has 0 saturated heterocycles. The molecular weight excluding hydrogens is 210 g/mol. The van der Waals surface area contributed by atoms with E-state index in [1.54, 1.807) is 0 Å². The number of nitrogens with zero attached hydrogens (tertiary/aromatic N) is 2. The Balaban J connectivity index is 2.21. The number of hydrogen-bond donors (Lipinski definition) is 1. The second-order valence-corrected chi connectivity index (χ2v) is 5.41. The second kappa shape index (κ2) is 5.13. The Kier molecular flexibility index (Phi) is 3.77. The molecule has 1 aliphatic rings. The fraction of sp³-hybridized carbons (Fsp3) is 0.714. The fourth-order valence-electron chi connectivity index (χ4n) is 2.43. The van der Waals surface area contributed by atoms with E-state index in [2.05, 4.69) is 18.0 Å². The number of nitrogens with two attached hydrogens (primary N) is 1. The van der Waals surface area contributed by atoms with E-state index in [-0.39, 0.29) is 0 Å². The van der Waals surface area contributed by atoms with Gasteiger partial charge in [-0.05, 0) is 32.3 Å². The number of aromatic nitrogens is 2. The monoisotopic (exact) mass is 233 g/mol. The molecule has 17 heavy (non-hydrogen) atoms. The van der Waals surface area contributed by atoms with E-state index in [0.29, 0.717) is 5.92 Å². The summed E-state index contributed by atoms with van der Waals surface area (Å²) in [5.41, 5.74) is 7.01. The molecule has 2 N–H and O–H groups in total. The normalized spacial score (nSPS) is 21.1. The summed E-state index contributed by atoms with van der Waals surface area (Å²) in [7, 11) is 0. The van der Waals surface area contributed by atoms with Gasteiger partial charge in [0, 0.05) is 17.8 Å². The van der Waals surface area contributed by atoms with Gasteiger partial charge < -0.3 is 5.73 Å². The van der Waals surface area contributed by atoms with Crippen molar-refractivity contribution in [1.29, 1.82) is 0 Å². The van der Waals surface area contributed by atoms with Crippen LogP contribution >= 0.6 is 0 Å². The summed E-state index contributed by atoms with van der Waals surface area (Å²) in [5.74, 6) is 1.42. The first-order valence-electron chi connectivity index (χ1n) is 6.76. The molecule has 1 aliphatic carbocycles. The van der Waals surface area contributed by atoms with Gasteiger partial charge in [-0.25, -0.2) is 9.97 Å². The van der Waals surface area contributed by atoms with Crippen molar-refractivity contribution in [2.45, 2.75) is 63.8 Å². The lowest BCUT2D eigenvalue weighted by Gasteiger charge is -2.24. The van der Waals surface area contributed by atoms with Crippen molar-refractivity contribution in [2.24, 2.45) is 5.73 Å². The molecule has 0 aliphatic heterocycles. The van der Waals surface area contributed by atoms with Crippen molar-refractivity contribution >= 4 is 0 Å². The first-order chi connectivity index (χ1) is 8.13. The zero-order chi connectivity index (χ0) is 12.3. The molecule has 1 saturated carbocycles. The maximum atomic E-state index is 6.21. The van der Waals surface area contributed by atoms with Crippen LogP contribution in [0.3, 0.4) is 0 Å². The van der Waals surface area contributed by atoms with Gasteiger partial charge in [0.25, 0.3) is 0 Å². The Bertz CT molecular complexity index is 367. The third-order valence-electron chi connectivity index (χ3n) is 3.95. The van der Waals surface area contributed by atoms with Gasteiger partial charge in [0.15, 0.2) is 0 Å². The lowest BCUT2D eigenvalue weighted by molar-refractivity contribution is 0.417. The van der Waals surface area contributed by atoms with Crippen molar-refractivity contribution in [3.63, 3.8) is 0 Å². The molecule has 0 aromatic carbocycles. The average molecular weight is 233 g/mol. The standard InChI is InChI=1S/C14H23N3/c1-3-14(2,15)13-16-10-9-12(17-13)11-7-5-4-6-8-11/h9-11H,3-8,15H2,1-2H3. The molecular formula is C14H23N3. The molecule has 0 amide bonds. The van der Waals surface area contributed by atoms with Gasteiger partial charge in [-0.1, -0.05) is 26.2 Å². The molecule has 94 valence electrons. The summed E-state index contributed by atoms with van der Waals surface area (Å²) in [4.78, 5) is 9.04. The molecule has 1 fully saturated rings. The second-order valence-electron chi connectivity index (χ2n) is 5.41. The van der Waals surface area contributed by atoms with Crippen LogP contribution in [0.25, 0.3) is 0 Å². The van der Waals surface area contributed by atoms with Crippen molar-refractivity contribution in [1.82, 2.24) is 9.97 Å². The van der Waals surface area contributed by atoms with Crippen molar-refractivity contribution < 1.29 is 0 Å². The molecule has 1 aromatic rings. The van der Waals surface area contributed by atoms with Gasteiger partial charge in [-0.3, -0.25) is 0 Å². The van der Waals surface area contributed by atoms with Crippen LogP contribution in [0.15, 0.2) is 12.3 Å². The van der Waals surface area contributed by atoms with Gasteiger partial charge in [0.2, 0.25) is 0 Å². The van der Waals surface area contributed by atoms with Crippen LogP contribution in [-0.2, 0) is 5.54 Å². The van der Waals surface area contributed by atoms with Gasteiger partial charge in [0.05, 0.1) is 5.54 Å². The molecule has 1 unspecified atom stereocenters. The molecule has 0 bridgehead atoms.